The van der Waals surface area contributed by atoms with E-state index in [1.807, 2.05) is 0 Å². The number of esters is 2. The van der Waals surface area contributed by atoms with Gasteiger partial charge in [0.25, 0.3) is 5.91 Å². The maximum Gasteiger partial charge on any atom is 0.337 e. The van der Waals surface area contributed by atoms with Crippen molar-refractivity contribution in [3.8, 4) is 0 Å². The fourth-order valence-corrected chi connectivity index (χ4v) is 2.10. The van der Waals surface area contributed by atoms with E-state index in [0.29, 0.717) is 0 Å². The average Bonchev–Trinajstić information content (AvgIpc) is 2.60. The lowest BCUT2D eigenvalue weighted by molar-refractivity contribution is -0.148. The first-order chi connectivity index (χ1) is 11.8. The quantitative estimate of drug-likeness (QED) is 0.676. The summed E-state index contributed by atoms with van der Waals surface area (Å²) in [6.45, 7) is 3.36. The van der Waals surface area contributed by atoms with E-state index < -0.39 is 35.8 Å². The number of ether oxygens (including phenoxy) is 2. The number of benzene rings is 1. The van der Waals surface area contributed by atoms with Gasteiger partial charge >= 0.3 is 17.9 Å². The minimum Gasteiger partial charge on any atom is -0.480 e. The van der Waals surface area contributed by atoms with Crippen molar-refractivity contribution in [2.45, 2.75) is 26.3 Å². The molecule has 136 valence electrons. The summed E-state index contributed by atoms with van der Waals surface area (Å²) in [5.74, 6) is -3.78. The van der Waals surface area contributed by atoms with E-state index in [4.69, 9.17) is 4.74 Å². The Morgan fingerprint density at radius 3 is 2.40 bits per heavy atom. The average molecular weight is 351 g/mol. The molecular formula is C17H21NO7. The fraction of sp³-hybridized carbons (Fsp3) is 0.412. The Labute approximate surface area is 145 Å². The highest BCUT2D eigenvalue weighted by atomic mass is 16.5. The molecule has 0 radical (unpaired) electrons. The number of rotatable bonds is 8. The van der Waals surface area contributed by atoms with E-state index in [1.165, 1.54) is 38.3 Å². The Morgan fingerprint density at radius 2 is 1.84 bits per heavy atom. The normalized spacial score (nSPS) is 12.6. The number of carboxylic acids is 1. The molecule has 0 aromatic heterocycles. The Bertz CT molecular complexity index is 656. The minimum absolute atomic E-state index is 0.109. The van der Waals surface area contributed by atoms with Gasteiger partial charge in [-0.2, -0.15) is 0 Å². The highest BCUT2D eigenvalue weighted by molar-refractivity contribution is 5.99. The van der Waals surface area contributed by atoms with Crippen molar-refractivity contribution < 1.29 is 33.8 Å². The van der Waals surface area contributed by atoms with Gasteiger partial charge in [-0.05, 0) is 31.5 Å². The molecule has 0 saturated carbocycles. The molecule has 0 saturated heterocycles. The lowest BCUT2D eigenvalue weighted by Gasteiger charge is -2.18. The number of aliphatic carboxylic acids is 1. The number of carbonyl (C=O) groups excluding carboxylic acids is 3. The van der Waals surface area contributed by atoms with Crippen LogP contribution >= 0.6 is 0 Å². The molecule has 1 aromatic rings. The van der Waals surface area contributed by atoms with Crippen LogP contribution in [0.25, 0.3) is 0 Å². The van der Waals surface area contributed by atoms with Gasteiger partial charge in [-0.3, -0.25) is 9.59 Å². The minimum atomic E-state index is -1.27. The maximum atomic E-state index is 12.3. The smallest absolute Gasteiger partial charge is 0.337 e. The molecule has 1 rings (SSSR count). The van der Waals surface area contributed by atoms with Crippen LogP contribution in [0.4, 0.5) is 0 Å². The van der Waals surface area contributed by atoms with Crippen molar-refractivity contribution in [2.24, 2.45) is 5.92 Å². The van der Waals surface area contributed by atoms with Gasteiger partial charge in [-0.15, -0.1) is 0 Å². The molecule has 0 spiro atoms. The van der Waals surface area contributed by atoms with Crippen LogP contribution in [0.2, 0.25) is 0 Å². The largest absolute Gasteiger partial charge is 0.480 e. The van der Waals surface area contributed by atoms with Gasteiger partial charge in [0, 0.05) is 5.56 Å². The monoisotopic (exact) mass is 351 g/mol. The Kier molecular flexibility index (Phi) is 7.58. The van der Waals surface area contributed by atoms with E-state index >= 15 is 0 Å². The highest BCUT2D eigenvalue weighted by Gasteiger charge is 2.27. The Morgan fingerprint density at radius 1 is 1.20 bits per heavy atom. The van der Waals surface area contributed by atoms with Crippen molar-refractivity contribution >= 4 is 23.8 Å². The molecule has 0 aliphatic rings. The first kappa shape index (κ1) is 20.1. The molecule has 0 aliphatic heterocycles. The maximum absolute atomic E-state index is 12.3. The molecule has 1 amide bonds. The number of carbonyl (C=O) groups is 4. The van der Waals surface area contributed by atoms with Gasteiger partial charge in [0.1, 0.15) is 6.04 Å². The van der Waals surface area contributed by atoms with Crippen molar-refractivity contribution in [3.63, 3.8) is 0 Å². The van der Waals surface area contributed by atoms with E-state index in [1.54, 1.807) is 6.92 Å². The SMILES string of the molecule is CCOC(=O)[C@H](C)C[C@H](NC(=O)c1cccc(C(=O)OC)c1)C(=O)O. The zero-order valence-corrected chi connectivity index (χ0v) is 14.3. The van der Waals surface area contributed by atoms with Crippen LogP contribution in [0.1, 0.15) is 41.0 Å². The summed E-state index contributed by atoms with van der Waals surface area (Å²) >= 11 is 0. The van der Waals surface area contributed by atoms with Crippen molar-refractivity contribution in [1.29, 1.82) is 0 Å². The third-order valence-corrected chi connectivity index (χ3v) is 3.43. The second-order valence-corrected chi connectivity index (χ2v) is 5.33. The molecule has 8 heteroatoms. The molecule has 0 heterocycles. The third-order valence-electron chi connectivity index (χ3n) is 3.43. The van der Waals surface area contributed by atoms with Crippen LogP contribution in [-0.2, 0) is 19.1 Å². The summed E-state index contributed by atoms with van der Waals surface area (Å²) in [5.41, 5.74) is 0.278. The summed E-state index contributed by atoms with van der Waals surface area (Å²) in [7, 11) is 1.21. The predicted molar refractivity (Wildman–Crippen MR) is 87.1 cm³/mol. The number of methoxy groups -OCH3 is 1. The van der Waals surface area contributed by atoms with Crippen LogP contribution in [0.5, 0.6) is 0 Å². The fourth-order valence-electron chi connectivity index (χ4n) is 2.10. The van der Waals surface area contributed by atoms with E-state index in [2.05, 4.69) is 10.1 Å². The Hall–Kier alpha value is -2.90. The van der Waals surface area contributed by atoms with Gasteiger partial charge in [0.2, 0.25) is 0 Å². The van der Waals surface area contributed by atoms with Crippen LogP contribution in [0, 0.1) is 5.92 Å². The zero-order valence-electron chi connectivity index (χ0n) is 14.3. The van der Waals surface area contributed by atoms with E-state index in [0.717, 1.165) is 0 Å². The van der Waals surface area contributed by atoms with Crippen molar-refractivity contribution in [2.75, 3.05) is 13.7 Å². The number of nitrogens with one attached hydrogen (secondary N) is 1. The molecule has 8 nitrogen and oxygen atoms in total. The number of amides is 1. The van der Waals surface area contributed by atoms with Gasteiger partial charge in [0.15, 0.2) is 0 Å². The number of hydrogen-bond donors (Lipinski definition) is 2. The molecule has 0 bridgehead atoms. The first-order valence-corrected chi connectivity index (χ1v) is 7.68. The van der Waals surface area contributed by atoms with Gasteiger partial charge in [0.05, 0.1) is 25.2 Å². The standard InChI is InChI=1S/C17H21NO7/c1-4-25-16(22)10(2)8-13(15(20)21)18-14(19)11-6-5-7-12(9-11)17(23)24-3/h5-7,9-10,13H,4,8H2,1-3H3,(H,18,19)(H,20,21)/t10-,13+/m1/s1. The second-order valence-electron chi connectivity index (χ2n) is 5.33. The van der Waals surface area contributed by atoms with E-state index in [-0.39, 0.29) is 24.2 Å². The second kappa shape index (κ2) is 9.41. The topological polar surface area (TPSA) is 119 Å². The molecule has 2 N–H and O–H groups in total. The number of carboxylic acid groups (broad SMARTS) is 1. The molecule has 0 unspecified atom stereocenters. The van der Waals surface area contributed by atoms with Gasteiger partial charge in [-0.1, -0.05) is 13.0 Å². The summed E-state index contributed by atoms with van der Waals surface area (Å²) in [6, 6.07) is 4.43. The lowest BCUT2D eigenvalue weighted by Crippen LogP contribution is -2.42. The van der Waals surface area contributed by atoms with Crippen LogP contribution in [-0.4, -0.2) is 48.7 Å². The van der Waals surface area contributed by atoms with Crippen LogP contribution < -0.4 is 5.32 Å². The predicted octanol–water partition coefficient (Wildman–Crippen LogP) is 1.25. The summed E-state index contributed by atoms with van der Waals surface area (Å²) in [5, 5.41) is 11.6. The molecular weight excluding hydrogens is 330 g/mol. The summed E-state index contributed by atoms with van der Waals surface area (Å²) < 4.78 is 9.41. The Balaban J connectivity index is 2.85. The van der Waals surface area contributed by atoms with Crippen molar-refractivity contribution in [3.05, 3.63) is 35.4 Å². The summed E-state index contributed by atoms with van der Waals surface area (Å²) in [4.78, 5) is 46.8. The third kappa shape index (κ3) is 5.91. The molecule has 1 aromatic carbocycles. The molecule has 0 aliphatic carbocycles. The van der Waals surface area contributed by atoms with Gasteiger partial charge in [-0.25, -0.2) is 9.59 Å². The van der Waals surface area contributed by atoms with Crippen molar-refractivity contribution in [1.82, 2.24) is 5.32 Å². The first-order valence-electron chi connectivity index (χ1n) is 7.68. The lowest BCUT2D eigenvalue weighted by atomic mass is 10.0. The van der Waals surface area contributed by atoms with Crippen LogP contribution in [0.15, 0.2) is 24.3 Å². The zero-order chi connectivity index (χ0) is 19.0. The summed E-state index contributed by atoms with van der Waals surface area (Å²) in [6.07, 6.45) is -0.114. The number of hydrogen-bond acceptors (Lipinski definition) is 6. The molecule has 0 fully saturated rings. The molecule has 25 heavy (non-hydrogen) atoms. The molecule has 2 atom stereocenters. The van der Waals surface area contributed by atoms with Crippen LogP contribution in [0.3, 0.4) is 0 Å². The van der Waals surface area contributed by atoms with Gasteiger partial charge < -0.3 is 19.9 Å². The van der Waals surface area contributed by atoms with E-state index in [9.17, 15) is 24.3 Å². The highest BCUT2D eigenvalue weighted by Crippen LogP contribution is 2.11.